The van der Waals surface area contributed by atoms with E-state index in [1.807, 2.05) is 13.8 Å². The number of anilines is 1. The van der Waals surface area contributed by atoms with Crippen LogP contribution in [0.2, 0.25) is 5.02 Å². The van der Waals surface area contributed by atoms with Gasteiger partial charge in [-0.25, -0.2) is 4.98 Å². The molecule has 0 saturated carbocycles. The molecule has 0 fully saturated rings. The van der Waals surface area contributed by atoms with Gasteiger partial charge in [-0.05, 0) is 38.1 Å². The van der Waals surface area contributed by atoms with Crippen molar-refractivity contribution in [3.8, 4) is 0 Å². The molecule has 0 saturated heterocycles. The molecule has 2 rings (SSSR count). The maximum Gasteiger partial charge on any atom is 0.257 e. The fourth-order valence-corrected chi connectivity index (χ4v) is 2.37. The van der Waals surface area contributed by atoms with E-state index in [4.69, 9.17) is 11.6 Å². The van der Waals surface area contributed by atoms with E-state index in [9.17, 15) is 9.59 Å². The summed E-state index contributed by atoms with van der Waals surface area (Å²) in [6.45, 7) is 7.36. The van der Waals surface area contributed by atoms with Crippen molar-refractivity contribution >= 4 is 23.2 Å². The number of rotatable bonds is 4. The molecular formula is C17H20ClN3O2. The third-order valence-corrected chi connectivity index (χ3v) is 3.87. The lowest BCUT2D eigenvalue weighted by Gasteiger charge is -2.16. The molecule has 0 aliphatic rings. The fraction of sp³-hybridized carbons (Fsp3) is 0.353. The van der Waals surface area contributed by atoms with Crippen molar-refractivity contribution in [1.82, 2.24) is 9.55 Å². The minimum Gasteiger partial charge on any atom is -0.325 e. The van der Waals surface area contributed by atoms with Gasteiger partial charge in [-0.2, -0.15) is 0 Å². The molecule has 5 nitrogen and oxygen atoms in total. The summed E-state index contributed by atoms with van der Waals surface area (Å²) in [4.78, 5) is 29.2. The van der Waals surface area contributed by atoms with Crippen LogP contribution < -0.4 is 10.9 Å². The average Bonchev–Trinajstić information content (AvgIpc) is 2.49. The van der Waals surface area contributed by atoms with E-state index in [2.05, 4.69) is 10.3 Å². The Labute approximate surface area is 140 Å². The predicted octanol–water partition coefficient (Wildman–Crippen LogP) is 3.28. The molecule has 1 amide bonds. The van der Waals surface area contributed by atoms with Crippen molar-refractivity contribution in [2.45, 2.75) is 40.2 Å². The summed E-state index contributed by atoms with van der Waals surface area (Å²) in [5, 5.41) is 3.36. The van der Waals surface area contributed by atoms with Gasteiger partial charge in [0.15, 0.2) is 0 Å². The number of nitrogens with one attached hydrogen (secondary N) is 1. The molecule has 0 aliphatic heterocycles. The molecule has 0 atom stereocenters. The number of aryl methyl sites for hydroxylation is 1. The Bertz CT molecular complexity index is 780. The van der Waals surface area contributed by atoms with Gasteiger partial charge in [0.1, 0.15) is 12.4 Å². The Hall–Kier alpha value is -2.14. The summed E-state index contributed by atoms with van der Waals surface area (Å²) in [5.41, 5.74) is 1.73. The van der Waals surface area contributed by atoms with Gasteiger partial charge in [0.05, 0.1) is 0 Å². The average molecular weight is 334 g/mol. The van der Waals surface area contributed by atoms with Crippen molar-refractivity contribution in [3.05, 3.63) is 56.7 Å². The number of halogens is 1. The topological polar surface area (TPSA) is 64.0 Å². The third kappa shape index (κ3) is 3.99. The zero-order valence-electron chi connectivity index (χ0n) is 13.7. The van der Waals surface area contributed by atoms with Gasteiger partial charge in [0, 0.05) is 27.9 Å². The van der Waals surface area contributed by atoms with Crippen LogP contribution in [-0.4, -0.2) is 15.5 Å². The number of hydrogen-bond acceptors (Lipinski definition) is 3. The summed E-state index contributed by atoms with van der Waals surface area (Å²) in [5.74, 6) is 0.385. The smallest absolute Gasteiger partial charge is 0.257 e. The molecule has 0 spiro atoms. The first-order valence-electron chi connectivity index (χ1n) is 7.43. The number of carbonyl (C=O) groups is 1. The van der Waals surface area contributed by atoms with Gasteiger partial charge >= 0.3 is 0 Å². The zero-order valence-corrected chi connectivity index (χ0v) is 14.4. The minimum absolute atomic E-state index is 0.0466. The quantitative estimate of drug-likeness (QED) is 0.933. The Balaban J connectivity index is 2.28. The van der Waals surface area contributed by atoms with Crippen LogP contribution in [0.4, 0.5) is 5.69 Å². The number of aromatic nitrogens is 2. The highest BCUT2D eigenvalue weighted by Crippen LogP contribution is 2.15. The van der Waals surface area contributed by atoms with Gasteiger partial charge < -0.3 is 5.32 Å². The van der Waals surface area contributed by atoms with Crippen LogP contribution in [-0.2, 0) is 11.3 Å². The van der Waals surface area contributed by atoms with Gasteiger partial charge in [-0.3, -0.25) is 14.2 Å². The molecule has 1 heterocycles. The molecule has 0 bridgehead atoms. The largest absolute Gasteiger partial charge is 0.325 e. The fourth-order valence-electron chi connectivity index (χ4n) is 2.25. The number of amides is 1. The SMILES string of the molecule is Cc1nc(C(C)C)n(CC(=O)Nc2ccc(Cl)cc2)c(=O)c1C. The number of benzene rings is 1. The highest BCUT2D eigenvalue weighted by atomic mass is 35.5. The second kappa shape index (κ2) is 6.96. The van der Waals surface area contributed by atoms with Crippen LogP contribution in [0.5, 0.6) is 0 Å². The van der Waals surface area contributed by atoms with E-state index in [1.54, 1.807) is 38.1 Å². The summed E-state index contributed by atoms with van der Waals surface area (Å²) >= 11 is 5.82. The lowest BCUT2D eigenvalue weighted by molar-refractivity contribution is -0.116. The highest BCUT2D eigenvalue weighted by molar-refractivity contribution is 6.30. The summed E-state index contributed by atoms with van der Waals surface area (Å²) in [6.07, 6.45) is 0. The van der Waals surface area contributed by atoms with Crippen LogP contribution >= 0.6 is 11.6 Å². The molecule has 1 aromatic heterocycles. The molecule has 122 valence electrons. The lowest BCUT2D eigenvalue weighted by atomic mass is 10.1. The molecule has 6 heteroatoms. The Morgan fingerprint density at radius 1 is 1.26 bits per heavy atom. The molecule has 23 heavy (non-hydrogen) atoms. The second-order valence-electron chi connectivity index (χ2n) is 5.78. The summed E-state index contributed by atoms with van der Waals surface area (Å²) < 4.78 is 1.44. The van der Waals surface area contributed by atoms with Crippen molar-refractivity contribution in [2.75, 3.05) is 5.32 Å². The van der Waals surface area contributed by atoms with E-state index in [0.29, 0.717) is 27.8 Å². The maximum atomic E-state index is 12.5. The minimum atomic E-state index is -0.277. The van der Waals surface area contributed by atoms with E-state index in [-0.39, 0.29) is 23.9 Å². The number of hydrogen-bond donors (Lipinski definition) is 1. The van der Waals surface area contributed by atoms with E-state index in [0.717, 1.165) is 0 Å². The standard InChI is InChI=1S/C17H20ClN3O2/c1-10(2)16-19-12(4)11(3)17(23)21(16)9-15(22)20-14-7-5-13(18)6-8-14/h5-8,10H,9H2,1-4H3,(H,20,22). The van der Waals surface area contributed by atoms with Gasteiger partial charge in [0.2, 0.25) is 5.91 Å². The first-order valence-corrected chi connectivity index (χ1v) is 7.80. The molecule has 2 aromatic rings. The van der Waals surface area contributed by atoms with Crippen molar-refractivity contribution in [3.63, 3.8) is 0 Å². The zero-order chi connectivity index (χ0) is 17.1. The van der Waals surface area contributed by atoms with Crippen molar-refractivity contribution < 1.29 is 4.79 Å². The highest BCUT2D eigenvalue weighted by Gasteiger charge is 2.16. The number of carbonyl (C=O) groups excluding carboxylic acids is 1. The second-order valence-corrected chi connectivity index (χ2v) is 6.22. The van der Waals surface area contributed by atoms with Crippen molar-refractivity contribution in [2.24, 2.45) is 0 Å². The Morgan fingerprint density at radius 3 is 2.43 bits per heavy atom. The number of nitrogens with zero attached hydrogens (tertiary/aromatic N) is 2. The first-order chi connectivity index (χ1) is 10.8. The lowest BCUT2D eigenvalue weighted by Crippen LogP contribution is -2.33. The molecular weight excluding hydrogens is 314 g/mol. The predicted molar refractivity (Wildman–Crippen MR) is 92.1 cm³/mol. The van der Waals surface area contributed by atoms with E-state index < -0.39 is 0 Å². The molecule has 0 radical (unpaired) electrons. The van der Waals surface area contributed by atoms with Crippen LogP contribution in [0.3, 0.4) is 0 Å². The molecule has 1 aromatic carbocycles. The van der Waals surface area contributed by atoms with Crippen LogP contribution in [0.15, 0.2) is 29.1 Å². The summed E-state index contributed by atoms with van der Waals surface area (Å²) in [6, 6.07) is 6.82. The Morgan fingerprint density at radius 2 is 1.87 bits per heavy atom. The van der Waals surface area contributed by atoms with Crippen LogP contribution in [0, 0.1) is 13.8 Å². The van der Waals surface area contributed by atoms with Crippen LogP contribution in [0.25, 0.3) is 0 Å². The Kier molecular flexibility index (Phi) is 5.21. The van der Waals surface area contributed by atoms with E-state index >= 15 is 0 Å². The molecule has 1 N–H and O–H groups in total. The first kappa shape index (κ1) is 17.2. The normalized spacial score (nSPS) is 10.9. The summed E-state index contributed by atoms with van der Waals surface area (Å²) in [7, 11) is 0. The van der Waals surface area contributed by atoms with E-state index in [1.165, 1.54) is 4.57 Å². The van der Waals surface area contributed by atoms with Crippen molar-refractivity contribution in [1.29, 1.82) is 0 Å². The van der Waals surface area contributed by atoms with Crippen LogP contribution in [0.1, 0.15) is 36.8 Å². The molecule has 0 aliphatic carbocycles. The maximum absolute atomic E-state index is 12.5. The van der Waals surface area contributed by atoms with Gasteiger partial charge in [0.25, 0.3) is 5.56 Å². The monoisotopic (exact) mass is 333 g/mol. The van der Waals surface area contributed by atoms with Gasteiger partial charge in [-0.1, -0.05) is 25.4 Å². The third-order valence-electron chi connectivity index (χ3n) is 3.61. The molecule has 0 unspecified atom stereocenters. The van der Waals surface area contributed by atoms with Gasteiger partial charge in [-0.15, -0.1) is 0 Å².